The molecule has 6 rings (SSSR count). The van der Waals surface area contributed by atoms with E-state index in [2.05, 4.69) is 20.8 Å². The summed E-state index contributed by atoms with van der Waals surface area (Å²) in [4.78, 5) is 27.4. The summed E-state index contributed by atoms with van der Waals surface area (Å²) in [6.45, 7) is 6.44. The molecule has 38 heavy (non-hydrogen) atoms. The number of hydrogen-bond donors (Lipinski definition) is 1. The highest BCUT2D eigenvalue weighted by atomic mass is 35.5. The van der Waals surface area contributed by atoms with Crippen LogP contribution in [-0.4, -0.2) is 46.5 Å². The van der Waals surface area contributed by atoms with E-state index in [-0.39, 0.29) is 46.6 Å². The number of allylic oxidation sites excluding steroid dienone is 4. The van der Waals surface area contributed by atoms with Crippen molar-refractivity contribution in [1.82, 2.24) is 0 Å². The molecule has 3 saturated carbocycles. The van der Waals surface area contributed by atoms with Gasteiger partial charge in [-0.2, -0.15) is 0 Å². The van der Waals surface area contributed by atoms with Gasteiger partial charge in [-0.25, -0.2) is 0 Å². The number of halogens is 1. The van der Waals surface area contributed by atoms with Crippen molar-refractivity contribution in [3.63, 3.8) is 0 Å². The second kappa shape index (κ2) is 9.59. The highest BCUT2D eigenvalue weighted by molar-refractivity contribution is 8.00. The van der Waals surface area contributed by atoms with Crippen LogP contribution >= 0.6 is 23.4 Å². The van der Waals surface area contributed by atoms with E-state index in [0.29, 0.717) is 11.4 Å². The Morgan fingerprint density at radius 2 is 2.05 bits per heavy atom. The fraction of sp³-hybridized carbons (Fsp3) is 0.613. The molecule has 0 radical (unpaired) electrons. The minimum absolute atomic E-state index is 0.000146. The predicted molar refractivity (Wildman–Crippen MR) is 148 cm³/mol. The third kappa shape index (κ3) is 3.77. The van der Waals surface area contributed by atoms with Gasteiger partial charge in [-0.1, -0.05) is 62.6 Å². The lowest BCUT2D eigenvalue weighted by atomic mass is 9.46. The van der Waals surface area contributed by atoms with E-state index < -0.39 is 23.4 Å². The van der Waals surface area contributed by atoms with Crippen LogP contribution in [0.4, 0.5) is 0 Å². The first-order valence-corrected chi connectivity index (χ1v) is 15.4. The lowest BCUT2D eigenvalue weighted by molar-refractivity contribution is -0.197. The largest absolute Gasteiger partial charge is 0.393 e. The van der Waals surface area contributed by atoms with Crippen LogP contribution < -0.4 is 0 Å². The number of benzene rings is 1. The summed E-state index contributed by atoms with van der Waals surface area (Å²) in [6, 6.07) is 7.59. The molecule has 7 heteroatoms. The summed E-state index contributed by atoms with van der Waals surface area (Å²) in [5.74, 6) is 0.706. The maximum atomic E-state index is 14.3. The van der Waals surface area contributed by atoms with Crippen molar-refractivity contribution in [3.05, 3.63) is 53.1 Å². The van der Waals surface area contributed by atoms with Crippen molar-refractivity contribution < 1.29 is 24.2 Å². The molecule has 9 atom stereocenters. The molecule has 1 aromatic rings. The summed E-state index contributed by atoms with van der Waals surface area (Å²) in [7, 11) is 0. The number of Topliss-reactive ketones (excluding diaryl/α,β-unsaturated/α-hetero) is 1. The number of carbonyl (C=O) groups is 2. The van der Waals surface area contributed by atoms with E-state index in [0.717, 1.165) is 42.6 Å². The Labute approximate surface area is 234 Å². The highest BCUT2D eigenvalue weighted by Gasteiger charge is 2.75. The van der Waals surface area contributed by atoms with Gasteiger partial charge < -0.3 is 14.6 Å². The molecule has 5 nitrogen and oxygen atoms in total. The van der Waals surface area contributed by atoms with Crippen LogP contribution in [0.1, 0.15) is 59.3 Å². The van der Waals surface area contributed by atoms with E-state index in [1.54, 1.807) is 12.2 Å². The maximum Gasteiger partial charge on any atom is 0.178 e. The number of ether oxygens (including phenoxy) is 2. The average molecular weight is 557 g/mol. The van der Waals surface area contributed by atoms with Gasteiger partial charge in [-0.3, -0.25) is 9.59 Å². The fourth-order valence-electron chi connectivity index (χ4n) is 8.82. The van der Waals surface area contributed by atoms with Crippen LogP contribution in [0.15, 0.2) is 53.0 Å². The van der Waals surface area contributed by atoms with Crippen molar-refractivity contribution >= 4 is 34.9 Å². The van der Waals surface area contributed by atoms with Crippen molar-refractivity contribution in [3.8, 4) is 0 Å². The van der Waals surface area contributed by atoms with Gasteiger partial charge in [0.05, 0.1) is 23.0 Å². The number of hydrogen-bond acceptors (Lipinski definition) is 6. The molecule has 5 unspecified atom stereocenters. The third-order valence-corrected chi connectivity index (χ3v) is 11.9. The molecule has 0 spiro atoms. The van der Waals surface area contributed by atoms with Crippen LogP contribution in [0.5, 0.6) is 0 Å². The number of rotatable bonds is 6. The standard InChI is InChI=1S/C31H37ClO5S/c1-4-7-27-36-26-15-21-20-11-10-18-14-19(33)12-13-29(18,2)28(20)23(34)16-30(21,3)31(26,37-27)25(35)17-38-24-9-6-5-8-22(24)32/h5-6,8-9,12-14,20-21,23,26-28,34H,4,7,10-11,15-17H2,1-3H3/t20?,21?,23-,26+,27+,28?,29?,30?,31+/m0/s1. The van der Waals surface area contributed by atoms with Crippen LogP contribution in [0, 0.1) is 28.6 Å². The monoisotopic (exact) mass is 556 g/mol. The van der Waals surface area contributed by atoms with Crippen molar-refractivity contribution in [2.24, 2.45) is 28.6 Å². The van der Waals surface area contributed by atoms with Crippen LogP contribution in [-0.2, 0) is 19.1 Å². The van der Waals surface area contributed by atoms with Crippen LogP contribution in [0.2, 0.25) is 5.02 Å². The van der Waals surface area contributed by atoms with Crippen LogP contribution in [0.25, 0.3) is 0 Å². The van der Waals surface area contributed by atoms with Gasteiger partial charge >= 0.3 is 0 Å². The van der Waals surface area contributed by atoms with Crippen molar-refractivity contribution in [2.75, 3.05) is 5.75 Å². The minimum Gasteiger partial charge on any atom is -0.393 e. The Bertz CT molecular complexity index is 1210. The molecular formula is C31H37ClO5S. The molecule has 4 fully saturated rings. The van der Waals surface area contributed by atoms with Gasteiger partial charge in [0.2, 0.25) is 0 Å². The quantitative estimate of drug-likeness (QED) is 0.422. The number of fused-ring (bicyclic) bond motifs is 7. The van der Waals surface area contributed by atoms with E-state index in [1.165, 1.54) is 11.8 Å². The summed E-state index contributed by atoms with van der Waals surface area (Å²) in [6.07, 6.45) is 8.73. The predicted octanol–water partition coefficient (Wildman–Crippen LogP) is 6.17. The zero-order valence-corrected chi connectivity index (χ0v) is 23.9. The summed E-state index contributed by atoms with van der Waals surface area (Å²) in [5, 5.41) is 12.5. The number of thioether (sulfide) groups is 1. The van der Waals surface area contributed by atoms with Gasteiger partial charge in [0.25, 0.3) is 0 Å². The topological polar surface area (TPSA) is 72.8 Å². The van der Waals surface area contributed by atoms with E-state index in [1.807, 2.05) is 30.3 Å². The zero-order chi connectivity index (χ0) is 26.9. The fourth-order valence-corrected chi connectivity index (χ4v) is 10.00. The molecule has 1 aliphatic heterocycles. The molecule has 204 valence electrons. The Kier molecular flexibility index (Phi) is 6.75. The molecule has 4 aliphatic carbocycles. The molecule has 0 aromatic heterocycles. The molecule has 1 aromatic carbocycles. The third-order valence-electron chi connectivity index (χ3n) is 10.4. The molecule has 1 heterocycles. The van der Waals surface area contributed by atoms with Gasteiger partial charge in [0.15, 0.2) is 23.5 Å². The van der Waals surface area contributed by atoms with E-state index in [9.17, 15) is 14.7 Å². The molecule has 1 N–H and O–H groups in total. The van der Waals surface area contributed by atoms with Crippen molar-refractivity contribution in [1.29, 1.82) is 0 Å². The maximum absolute atomic E-state index is 14.3. The van der Waals surface area contributed by atoms with E-state index >= 15 is 0 Å². The Morgan fingerprint density at radius 1 is 1.26 bits per heavy atom. The Hall–Kier alpha value is -1.44. The minimum atomic E-state index is -1.09. The number of aliphatic hydroxyl groups excluding tert-OH is 1. The lowest BCUT2D eigenvalue weighted by Crippen LogP contribution is -2.63. The first kappa shape index (κ1) is 26.8. The van der Waals surface area contributed by atoms with E-state index in [4.69, 9.17) is 21.1 Å². The first-order valence-electron chi connectivity index (χ1n) is 14.0. The number of aliphatic hydroxyl groups is 1. The highest BCUT2D eigenvalue weighted by Crippen LogP contribution is 2.69. The van der Waals surface area contributed by atoms with Gasteiger partial charge in [-0.15, -0.1) is 11.8 Å². The number of carbonyl (C=O) groups excluding carboxylic acids is 2. The van der Waals surface area contributed by atoms with Gasteiger partial charge in [0.1, 0.15) is 0 Å². The second-order valence-corrected chi connectivity index (χ2v) is 13.7. The number of ketones is 2. The molecule has 1 saturated heterocycles. The second-order valence-electron chi connectivity index (χ2n) is 12.3. The van der Waals surface area contributed by atoms with Crippen LogP contribution in [0.3, 0.4) is 0 Å². The molecular weight excluding hydrogens is 520 g/mol. The molecule has 0 amide bonds. The lowest BCUT2D eigenvalue weighted by Gasteiger charge is -2.59. The molecule has 0 bridgehead atoms. The van der Waals surface area contributed by atoms with Crippen molar-refractivity contribution in [2.45, 2.75) is 88.3 Å². The average Bonchev–Trinajstić information content (AvgIpc) is 3.36. The summed E-state index contributed by atoms with van der Waals surface area (Å²) in [5.41, 5.74) is -0.860. The summed E-state index contributed by atoms with van der Waals surface area (Å²) >= 11 is 7.85. The normalized spacial score (nSPS) is 43.2. The smallest absolute Gasteiger partial charge is 0.178 e. The van der Waals surface area contributed by atoms with Gasteiger partial charge in [-0.05, 0) is 68.2 Å². The molecule has 5 aliphatic rings. The zero-order valence-electron chi connectivity index (χ0n) is 22.3. The summed E-state index contributed by atoms with van der Waals surface area (Å²) < 4.78 is 13.3. The Morgan fingerprint density at radius 3 is 2.82 bits per heavy atom. The Balaban J connectivity index is 1.35. The first-order chi connectivity index (χ1) is 18.1. The van der Waals surface area contributed by atoms with Gasteiger partial charge in [0, 0.05) is 21.6 Å². The SMILES string of the molecule is CCC[C@@H]1O[C@@H]2CC3C4CCC5=CC(=O)C=CC5(C)C4[C@@H](O)CC3(C)[C@]2(C(=O)CSc2ccccc2Cl)O1.